The lowest BCUT2D eigenvalue weighted by molar-refractivity contribution is -0.139. The molecule has 0 aromatic heterocycles. The molecular formula is C14H21NO2. The number of rotatable bonds is 3. The van der Waals surface area contributed by atoms with E-state index >= 15 is 0 Å². The molecule has 2 atom stereocenters. The summed E-state index contributed by atoms with van der Waals surface area (Å²) < 4.78 is 0. The second-order valence-electron chi connectivity index (χ2n) is 3.06. The van der Waals surface area contributed by atoms with E-state index in [0.29, 0.717) is 0 Å². The van der Waals surface area contributed by atoms with E-state index in [2.05, 4.69) is 12.8 Å². The van der Waals surface area contributed by atoms with Crippen LogP contribution in [0, 0.1) is 12.8 Å². The van der Waals surface area contributed by atoms with Gasteiger partial charge < -0.3 is 10.8 Å². The zero-order valence-corrected chi connectivity index (χ0v) is 10.6. The van der Waals surface area contributed by atoms with Gasteiger partial charge in [-0.3, -0.25) is 4.79 Å². The molecule has 0 bridgehead atoms. The zero-order valence-electron chi connectivity index (χ0n) is 10.6. The highest BCUT2D eigenvalue weighted by Gasteiger charge is 2.20. The zero-order chi connectivity index (χ0) is 13.8. The molecule has 0 spiro atoms. The predicted octanol–water partition coefficient (Wildman–Crippen LogP) is 2.48. The number of terminal acetylenes is 1. The topological polar surface area (TPSA) is 63.3 Å². The van der Waals surface area contributed by atoms with Crippen LogP contribution in [0.1, 0.15) is 32.3 Å². The van der Waals surface area contributed by atoms with Gasteiger partial charge in [0, 0.05) is 5.92 Å². The van der Waals surface area contributed by atoms with Crippen LogP contribution in [0.2, 0.25) is 0 Å². The molecule has 0 radical (unpaired) electrons. The second kappa shape index (κ2) is 10.7. The molecule has 0 unspecified atom stereocenters. The van der Waals surface area contributed by atoms with Crippen LogP contribution in [0.15, 0.2) is 30.3 Å². The molecule has 0 aliphatic heterocycles. The Bertz CT molecular complexity index is 319. The molecule has 3 N–H and O–H groups in total. The van der Waals surface area contributed by atoms with E-state index in [9.17, 15) is 4.79 Å². The van der Waals surface area contributed by atoms with Crippen molar-refractivity contribution in [2.75, 3.05) is 0 Å². The fourth-order valence-corrected chi connectivity index (χ4v) is 1.18. The lowest BCUT2D eigenvalue weighted by atomic mass is 9.94. The van der Waals surface area contributed by atoms with E-state index in [1.54, 1.807) is 0 Å². The molecule has 0 aliphatic rings. The van der Waals surface area contributed by atoms with Gasteiger partial charge in [0.1, 0.15) is 6.04 Å². The third kappa shape index (κ3) is 6.39. The fourth-order valence-electron chi connectivity index (χ4n) is 1.18. The quantitative estimate of drug-likeness (QED) is 0.791. The van der Waals surface area contributed by atoms with Gasteiger partial charge in [-0.05, 0) is 5.56 Å². The largest absolute Gasteiger partial charge is 0.480 e. The smallest absolute Gasteiger partial charge is 0.321 e. The van der Waals surface area contributed by atoms with Crippen molar-refractivity contribution in [3.05, 3.63) is 35.9 Å². The number of carboxylic acids is 1. The summed E-state index contributed by atoms with van der Waals surface area (Å²) in [7, 11) is 0. The average Bonchev–Trinajstić information content (AvgIpc) is 2.42. The molecule has 0 heterocycles. The third-order valence-electron chi connectivity index (χ3n) is 2.15. The summed E-state index contributed by atoms with van der Waals surface area (Å²) in [4.78, 5) is 10.6. The molecule has 1 aromatic rings. The van der Waals surface area contributed by atoms with Crippen LogP contribution in [0.5, 0.6) is 0 Å². The van der Waals surface area contributed by atoms with Crippen LogP contribution >= 0.6 is 0 Å². The first-order valence-corrected chi connectivity index (χ1v) is 5.49. The first kappa shape index (κ1) is 17.6. The van der Waals surface area contributed by atoms with Crippen LogP contribution in [0.3, 0.4) is 0 Å². The molecule has 0 amide bonds. The highest BCUT2D eigenvalue weighted by Crippen LogP contribution is 2.17. The van der Waals surface area contributed by atoms with E-state index in [1.165, 1.54) is 0 Å². The van der Waals surface area contributed by atoms with Crippen molar-refractivity contribution in [1.29, 1.82) is 0 Å². The maximum absolute atomic E-state index is 10.6. The SMILES string of the molecule is C#C.CC.C[C@H](c1ccccc1)[C@H](N)C(=O)O. The molecule has 0 aliphatic carbocycles. The van der Waals surface area contributed by atoms with Crippen LogP contribution in [0.25, 0.3) is 0 Å². The van der Waals surface area contributed by atoms with Gasteiger partial charge in [-0.1, -0.05) is 51.1 Å². The van der Waals surface area contributed by atoms with Crippen LogP contribution in [-0.4, -0.2) is 17.1 Å². The lowest BCUT2D eigenvalue weighted by Crippen LogP contribution is -2.35. The second-order valence-corrected chi connectivity index (χ2v) is 3.06. The lowest BCUT2D eigenvalue weighted by Gasteiger charge is -2.15. The van der Waals surface area contributed by atoms with Gasteiger partial charge in [0.05, 0.1) is 0 Å². The van der Waals surface area contributed by atoms with Crippen molar-refractivity contribution < 1.29 is 9.90 Å². The first-order valence-electron chi connectivity index (χ1n) is 5.49. The number of carboxylic acid groups (broad SMARTS) is 1. The minimum atomic E-state index is -0.962. The van der Waals surface area contributed by atoms with Gasteiger partial charge in [0.25, 0.3) is 0 Å². The van der Waals surface area contributed by atoms with Crippen LogP contribution in [0.4, 0.5) is 0 Å². The molecule has 1 aromatic carbocycles. The molecule has 0 fully saturated rings. The average molecular weight is 235 g/mol. The van der Waals surface area contributed by atoms with E-state index in [0.717, 1.165) is 5.56 Å². The van der Waals surface area contributed by atoms with Crippen LogP contribution in [-0.2, 0) is 4.79 Å². The standard InChI is InChI=1S/C10H13NO2.C2H6.C2H2/c1-7(9(11)10(12)13)8-5-3-2-4-6-8;2*1-2/h2-7,9H,11H2,1H3,(H,12,13);1-2H3;1-2H/t7-,9+;;/m1../s1. The Morgan fingerprint density at radius 3 is 2.00 bits per heavy atom. The van der Waals surface area contributed by atoms with Crippen molar-refractivity contribution in [1.82, 2.24) is 0 Å². The fraction of sp³-hybridized carbons (Fsp3) is 0.357. The summed E-state index contributed by atoms with van der Waals surface area (Å²) in [6.45, 7) is 5.81. The van der Waals surface area contributed by atoms with Crippen molar-refractivity contribution in [3.8, 4) is 12.8 Å². The van der Waals surface area contributed by atoms with E-state index in [1.807, 2.05) is 51.1 Å². The van der Waals surface area contributed by atoms with Crippen molar-refractivity contribution in [2.24, 2.45) is 5.73 Å². The number of hydrogen-bond donors (Lipinski definition) is 2. The Morgan fingerprint density at radius 1 is 1.24 bits per heavy atom. The Morgan fingerprint density at radius 2 is 1.65 bits per heavy atom. The van der Waals surface area contributed by atoms with Crippen molar-refractivity contribution in [3.63, 3.8) is 0 Å². The highest BCUT2D eigenvalue weighted by molar-refractivity contribution is 5.74. The third-order valence-corrected chi connectivity index (χ3v) is 2.15. The Hall–Kier alpha value is -1.79. The van der Waals surface area contributed by atoms with Gasteiger partial charge in [-0.2, -0.15) is 0 Å². The first-order chi connectivity index (χ1) is 8.13. The number of benzene rings is 1. The van der Waals surface area contributed by atoms with E-state index in [4.69, 9.17) is 10.8 Å². The van der Waals surface area contributed by atoms with Gasteiger partial charge in [-0.25, -0.2) is 0 Å². The monoisotopic (exact) mass is 235 g/mol. The Labute approximate surface area is 104 Å². The molecule has 3 nitrogen and oxygen atoms in total. The summed E-state index contributed by atoms with van der Waals surface area (Å²) in [6.07, 6.45) is 8.00. The number of nitrogens with two attached hydrogens (primary N) is 1. The van der Waals surface area contributed by atoms with Crippen LogP contribution < -0.4 is 5.73 Å². The van der Waals surface area contributed by atoms with Gasteiger partial charge in [-0.15, -0.1) is 12.8 Å². The molecular weight excluding hydrogens is 214 g/mol. The summed E-state index contributed by atoms with van der Waals surface area (Å²) in [5, 5.41) is 8.69. The van der Waals surface area contributed by atoms with Gasteiger partial charge in [0.15, 0.2) is 0 Å². The van der Waals surface area contributed by atoms with Crippen molar-refractivity contribution >= 4 is 5.97 Å². The number of carbonyl (C=O) groups is 1. The molecule has 0 saturated carbocycles. The van der Waals surface area contributed by atoms with E-state index < -0.39 is 12.0 Å². The normalized spacial score (nSPS) is 11.9. The highest BCUT2D eigenvalue weighted by atomic mass is 16.4. The molecule has 1 rings (SSSR count). The number of aliphatic carboxylic acids is 1. The Balaban J connectivity index is 0. The maximum atomic E-state index is 10.6. The number of hydrogen-bond acceptors (Lipinski definition) is 2. The summed E-state index contributed by atoms with van der Waals surface area (Å²) >= 11 is 0. The Kier molecular flexibility index (Phi) is 11.1. The predicted molar refractivity (Wildman–Crippen MR) is 71.7 cm³/mol. The minimum Gasteiger partial charge on any atom is -0.480 e. The summed E-state index contributed by atoms with van der Waals surface area (Å²) in [5.74, 6) is -1.12. The van der Waals surface area contributed by atoms with Gasteiger partial charge >= 0.3 is 5.97 Å². The minimum absolute atomic E-state index is 0.154. The summed E-state index contributed by atoms with van der Waals surface area (Å²) in [6, 6.07) is 8.58. The van der Waals surface area contributed by atoms with Gasteiger partial charge in [0.2, 0.25) is 0 Å². The van der Waals surface area contributed by atoms with E-state index in [-0.39, 0.29) is 5.92 Å². The molecule has 0 saturated heterocycles. The summed E-state index contributed by atoms with van der Waals surface area (Å²) in [5.41, 5.74) is 6.45. The molecule has 94 valence electrons. The molecule has 3 heteroatoms. The van der Waals surface area contributed by atoms with Crippen molar-refractivity contribution in [2.45, 2.75) is 32.7 Å². The molecule has 17 heavy (non-hydrogen) atoms. The maximum Gasteiger partial charge on any atom is 0.321 e.